The van der Waals surface area contributed by atoms with E-state index in [9.17, 15) is 4.79 Å². The largest absolute Gasteiger partial charge is 0.326 e. The topological polar surface area (TPSA) is 41.1 Å². The fourth-order valence-electron chi connectivity index (χ4n) is 2.28. The molecule has 1 aliphatic heterocycles. The van der Waals surface area contributed by atoms with Crippen LogP contribution in [0.15, 0.2) is 22.7 Å². The molecule has 0 saturated carbocycles. The summed E-state index contributed by atoms with van der Waals surface area (Å²) in [5.74, 6) is 0.264. The SMILES string of the molecule is Cc1ccc(NC(=O)C2CCNC(C)C2)cc1Br. The van der Waals surface area contributed by atoms with Gasteiger partial charge in [-0.15, -0.1) is 0 Å². The Hall–Kier alpha value is -0.870. The number of halogens is 1. The van der Waals surface area contributed by atoms with Crippen LogP contribution in [-0.4, -0.2) is 18.5 Å². The quantitative estimate of drug-likeness (QED) is 0.881. The average Bonchev–Trinajstić information content (AvgIpc) is 2.34. The lowest BCUT2D eigenvalue weighted by Gasteiger charge is -2.27. The summed E-state index contributed by atoms with van der Waals surface area (Å²) in [5, 5.41) is 6.36. The third-order valence-electron chi connectivity index (χ3n) is 3.43. The van der Waals surface area contributed by atoms with Crippen LogP contribution in [0.4, 0.5) is 5.69 Å². The Morgan fingerprint density at radius 2 is 2.28 bits per heavy atom. The van der Waals surface area contributed by atoms with Gasteiger partial charge in [-0.2, -0.15) is 0 Å². The van der Waals surface area contributed by atoms with Crippen LogP contribution in [0.2, 0.25) is 0 Å². The van der Waals surface area contributed by atoms with Gasteiger partial charge in [0.15, 0.2) is 0 Å². The van der Waals surface area contributed by atoms with Gasteiger partial charge >= 0.3 is 0 Å². The molecule has 1 aromatic carbocycles. The van der Waals surface area contributed by atoms with Gasteiger partial charge in [-0.25, -0.2) is 0 Å². The minimum atomic E-state index is 0.126. The third kappa shape index (κ3) is 3.33. The van der Waals surface area contributed by atoms with Gasteiger partial charge in [0, 0.05) is 22.1 Å². The van der Waals surface area contributed by atoms with E-state index in [0.717, 1.165) is 29.5 Å². The number of benzene rings is 1. The predicted molar refractivity (Wildman–Crippen MR) is 77.7 cm³/mol. The molecule has 0 aromatic heterocycles. The number of anilines is 1. The Morgan fingerprint density at radius 1 is 1.50 bits per heavy atom. The number of aryl methyl sites for hydroxylation is 1. The number of amides is 1. The van der Waals surface area contributed by atoms with Crippen molar-refractivity contribution in [3.63, 3.8) is 0 Å². The Morgan fingerprint density at radius 3 is 2.94 bits per heavy atom. The molecule has 1 heterocycles. The lowest BCUT2D eigenvalue weighted by molar-refractivity contribution is -0.120. The molecule has 1 fully saturated rings. The molecular weight excluding hydrogens is 292 g/mol. The first kappa shape index (κ1) is 13.6. The van der Waals surface area contributed by atoms with Gasteiger partial charge in [0.05, 0.1) is 0 Å². The molecule has 1 aromatic rings. The normalized spacial score (nSPS) is 23.7. The van der Waals surface area contributed by atoms with Crippen molar-refractivity contribution in [1.82, 2.24) is 5.32 Å². The minimum absolute atomic E-state index is 0.126. The average molecular weight is 311 g/mol. The number of piperidine rings is 1. The zero-order valence-electron chi connectivity index (χ0n) is 10.8. The highest BCUT2D eigenvalue weighted by molar-refractivity contribution is 9.10. The smallest absolute Gasteiger partial charge is 0.227 e. The standard InChI is InChI=1S/C14H19BrN2O/c1-9-3-4-12(8-13(9)15)17-14(18)11-5-6-16-10(2)7-11/h3-4,8,10-11,16H,5-7H2,1-2H3,(H,17,18). The zero-order valence-corrected chi connectivity index (χ0v) is 12.4. The molecular formula is C14H19BrN2O. The molecule has 1 saturated heterocycles. The first-order chi connectivity index (χ1) is 8.56. The van der Waals surface area contributed by atoms with E-state index in [1.807, 2.05) is 25.1 Å². The molecule has 2 atom stereocenters. The molecule has 18 heavy (non-hydrogen) atoms. The Labute approximate surface area is 116 Å². The fourth-order valence-corrected chi connectivity index (χ4v) is 2.66. The minimum Gasteiger partial charge on any atom is -0.326 e. The lowest BCUT2D eigenvalue weighted by atomic mass is 9.92. The summed E-state index contributed by atoms with van der Waals surface area (Å²) < 4.78 is 1.03. The number of nitrogens with one attached hydrogen (secondary N) is 2. The number of hydrogen-bond acceptors (Lipinski definition) is 2. The summed E-state index contributed by atoms with van der Waals surface area (Å²) in [5.41, 5.74) is 2.03. The highest BCUT2D eigenvalue weighted by Gasteiger charge is 2.24. The third-order valence-corrected chi connectivity index (χ3v) is 4.29. The fraction of sp³-hybridized carbons (Fsp3) is 0.500. The molecule has 0 spiro atoms. The number of hydrogen-bond donors (Lipinski definition) is 2. The molecule has 98 valence electrons. The maximum Gasteiger partial charge on any atom is 0.227 e. The maximum absolute atomic E-state index is 12.2. The van der Waals surface area contributed by atoms with Crippen molar-refractivity contribution >= 4 is 27.5 Å². The van der Waals surface area contributed by atoms with Crippen LogP contribution in [0.1, 0.15) is 25.3 Å². The predicted octanol–water partition coefficient (Wildman–Crippen LogP) is 3.08. The van der Waals surface area contributed by atoms with E-state index in [1.165, 1.54) is 5.56 Å². The van der Waals surface area contributed by atoms with Gasteiger partial charge in [-0.05, 0) is 50.9 Å². The zero-order chi connectivity index (χ0) is 13.1. The van der Waals surface area contributed by atoms with Gasteiger partial charge in [-0.1, -0.05) is 22.0 Å². The van der Waals surface area contributed by atoms with E-state index in [-0.39, 0.29) is 11.8 Å². The Bertz CT molecular complexity index is 447. The molecule has 4 heteroatoms. The number of carbonyl (C=O) groups is 1. The second kappa shape index (κ2) is 5.85. The first-order valence-corrected chi connectivity index (χ1v) is 7.16. The van der Waals surface area contributed by atoms with E-state index in [2.05, 4.69) is 33.5 Å². The molecule has 0 aliphatic carbocycles. The summed E-state index contributed by atoms with van der Waals surface area (Å²) >= 11 is 3.48. The van der Waals surface area contributed by atoms with Crippen molar-refractivity contribution < 1.29 is 4.79 Å². The first-order valence-electron chi connectivity index (χ1n) is 6.36. The van der Waals surface area contributed by atoms with Crippen LogP contribution in [0.5, 0.6) is 0 Å². The van der Waals surface area contributed by atoms with Gasteiger partial charge in [-0.3, -0.25) is 4.79 Å². The second-order valence-corrected chi connectivity index (χ2v) is 5.88. The van der Waals surface area contributed by atoms with E-state index < -0.39 is 0 Å². The molecule has 1 amide bonds. The Kier molecular flexibility index (Phi) is 4.40. The van der Waals surface area contributed by atoms with Crippen molar-refractivity contribution in [2.45, 2.75) is 32.7 Å². The number of rotatable bonds is 2. The van der Waals surface area contributed by atoms with Crippen LogP contribution in [0.25, 0.3) is 0 Å². The van der Waals surface area contributed by atoms with Crippen LogP contribution < -0.4 is 10.6 Å². The molecule has 2 N–H and O–H groups in total. The maximum atomic E-state index is 12.2. The highest BCUT2D eigenvalue weighted by atomic mass is 79.9. The van der Waals surface area contributed by atoms with Crippen molar-refractivity contribution in [2.75, 3.05) is 11.9 Å². The second-order valence-electron chi connectivity index (χ2n) is 5.03. The molecule has 0 bridgehead atoms. The van der Waals surface area contributed by atoms with Crippen LogP contribution >= 0.6 is 15.9 Å². The van der Waals surface area contributed by atoms with Crippen LogP contribution in [-0.2, 0) is 4.79 Å². The summed E-state index contributed by atoms with van der Waals surface area (Å²) in [6.07, 6.45) is 1.84. The van der Waals surface area contributed by atoms with Gasteiger partial charge in [0.1, 0.15) is 0 Å². The molecule has 3 nitrogen and oxygen atoms in total. The van der Waals surface area contributed by atoms with Gasteiger partial charge < -0.3 is 10.6 Å². The van der Waals surface area contributed by atoms with Gasteiger partial charge in [0.25, 0.3) is 0 Å². The molecule has 1 aliphatic rings. The van der Waals surface area contributed by atoms with Crippen molar-refractivity contribution in [3.8, 4) is 0 Å². The summed E-state index contributed by atoms with van der Waals surface area (Å²) in [7, 11) is 0. The van der Waals surface area contributed by atoms with Crippen LogP contribution in [0.3, 0.4) is 0 Å². The van der Waals surface area contributed by atoms with Crippen molar-refractivity contribution in [1.29, 1.82) is 0 Å². The molecule has 0 radical (unpaired) electrons. The van der Waals surface area contributed by atoms with Gasteiger partial charge in [0.2, 0.25) is 5.91 Å². The Balaban J connectivity index is 2.00. The van der Waals surface area contributed by atoms with Crippen molar-refractivity contribution in [2.24, 2.45) is 5.92 Å². The highest BCUT2D eigenvalue weighted by Crippen LogP contribution is 2.23. The van der Waals surface area contributed by atoms with E-state index in [1.54, 1.807) is 0 Å². The van der Waals surface area contributed by atoms with E-state index >= 15 is 0 Å². The summed E-state index contributed by atoms with van der Waals surface area (Å²) in [4.78, 5) is 12.2. The van der Waals surface area contributed by atoms with Crippen molar-refractivity contribution in [3.05, 3.63) is 28.2 Å². The summed E-state index contributed by atoms with van der Waals surface area (Å²) in [6, 6.07) is 6.34. The summed E-state index contributed by atoms with van der Waals surface area (Å²) in [6.45, 7) is 5.09. The van der Waals surface area contributed by atoms with E-state index in [4.69, 9.17) is 0 Å². The number of carbonyl (C=O) groups excluding carboxylic acids is 1. The molecule has 2 unspecified atom stereocenters. The monoisotopic (exact) mass is 310 g/mol. The lowest BCUT2D eigenvalue weighted by Crippen LogP contribution is -2.40. The van der Waals surface area contributed by atoms with E-state index in [0.29, 0.717) is 6.04 Å². The molecule has 2 rings (SSSR count). The van der Waals surface area contributed by atoms with Crippen LogP contribution in [0, 0.1) is 12.8 Å².